The molecule has 84 valence electrons. The van der Waals surface area contributed by atoms with Gasteiger partial charge >= 0.3 is 0 Å². The van der Waals surface area contributed by atoms with Crippen molar-refractivity contribution in [3.8, 4) is 0 Å². The molecule has 1 N–H and O–H groups in total. The Labute approximate surface area is 94.9 Å². The summed E-state index contributed by atoms with van der Waals surface area (Å²) in [7, 11) is 0. The molecular formula is C13H15NO2. The van der Waals surface area contributed by atoms with Crippen LogP contribution in [0.5, 0.6) is 0 Å². The minimum absolute atomic E-state index is 0.0434. The Morgan fingerprint density at radius 1 is 1.12 bits per heavy atom. The number of aryl methyl sites for hydroxylation is 2. The Morgan fingerprint density at radius 2 is 1.75 bits per heavy atom. The van der Waals surface area contributed by atoms with Crippen molar-refractivity contribution in [1.29, 1.82) is 0 Å². The van der Waals surface area contributed by atoms with Crippen molar-refractivity contribution in [2.75, 3.05) is 0 Å². The molecule has 0 radical (unpaired) electrons. The minimum Gasteiger partial charge on any atom is -0.296 e. The highest BCUT2D eigenvalue weighted by Gasteiger charge is 2.26. The fourth-order valence-electron chi connectivity index (χ4n) is 2.28. The van der Waals surface area contributed by atoms with Crippen LogP contribution in [0, 0.1) is 13.8 Å². The number of piperidine rings is 1. The first-order valence-electron chi connectivity index (χ1n) is 5.46. The molecule has 2 amide bonds. The van der Waals surface area contributed by atoms with E-state index >= 15 is 0 Å². The highest BCUT2D eigenvalue weighted by molar-refractivity contribution is 5.98. The van der Waals surface area contributed by atoms with Crippen molar-refractivity contribution in [2.45, 2.75) is 32.6 Å². The largest absolute Gasteiger partial charge is 0.296 e. The molecule has 0 spiro atoms. The van der Waals surface area contributed by atoms with Gasteiger partial charge in [0.25, 0.3) is 0 Å². The molecule has 1 aliphatic heterocycles. The quantitative estimate of drug-likeness (QED) is 0.729. The summed E-state index contributed by atoms with van der Waals surface area (Å²) < 4.78 is 0. The molecule has 1 saturated heterocycles. The topological polar surface area (TPSA) is 46.2 Å². The van der Waals surface area contributed by atoms with Crippen LogP contribution in [0.1, 0.15) is 35.4 Å². The van der Waals surface area contributed by atoms with E-state index in [1.54, 1.807) is 0 Å². The van der Waals surface area contributed by atoms with E-state index in [9.17, 15) is 9.59 Å². The minimum atomic E-state index is -0.166. The van der Waals surface area contributed by atoms with Gasteiger partial charge in [-0.15, -0.1) is 0 Å². The third-order valence-corrected chi connectivity index (χ3v) is 3.01. The Kier molecular flexibility index (Phi) is 2.77. The SMILES string of the molecule is Cc1ccc(C2CC(=O)NC(=O)C2)c(C)c1. The van der Waals surface area contributed by atoms with E-state index in [0.29, 0.717) is 12.8 Å². The molecule has 0 atom stereocenters. The van der Waals surface area contributed by atoms with Gasteiger partial charge in [-0.2, -0.15) is 0 Å². The number of amides is 2. The van der Waals surface area contributed by atoms with Crippen molar-refractivity contribution in [3.63, 3.8) is 0 Å². The van der Waals surface area contributed by atoms with Crippen LogP contribution < -0.4 is 5.32 Å². The predicted octanol–water partition coefficient (Wildman–Crippen LogP) is 1.82. The molecule has 16 heavy (non-hydrogen) atoms. The van der Waals surface area contributed by atoms with E-state index in [1.165, 1.54) is 5.56 Å². The van der Waals surface area contributed by atoms with Crippen molar-refractivity contribution in [1.82, 2.24) is 5.32 Å². The second-order valence-electron chi connectivity index (χ2n) is 4.44. The molecule has 1 fully saturated rings. The normalized spacial score (nSPS) is 17.4. The summed E-state index contributed by atoms with van der Waals surface area (Å²) in [6.07, 6.45) is 0.825. The average Bonchev–Trinajstić information content (AvgIpc) is 2.15. The van der Waals surface area contributed by atoms with E-state index in [0.717, 1.165) is 11.1 Å². The van der Waals surface area contributed by atoms with Crippen LogP contribution in [0.4, 0.5) is 0 Å². The highest BCUT2D eigenvalue weighted by atomic mass is 16.2. The van der Waals surface area contributed by atoms with Gasteiger partial charge in [-0.05, 0) is 25.0 Å². The summed E-state index contributed by atoms with van der Waals surface area (Å²) in [5, 5.41) is 2.33. The van der Waals surface area contributed by atoms with Crippen LogP contribution in [-0.4, -0.2) is 11.8 Å². The fraction of sp³-hybridized carbons (Fsp3) is 0.385. The molecule has 2 rings (SSSR count). The van der Waals surface area contributed by atoms with Gasteiger partial charge < -0.3 is 0 Å². The zero-order valence-electron chi connectivity index (χ0n) is 9.54. The first-order chi connectivity index (χ1) is 7.56. The molecular weight excluding hydrogens is 202 g/mol. The number of rotatable bonds is 1. The summed E-state index contributed by atoms with van der Waals surface area (Å²) in [6, 6.07) is 6.15. The molecule has 1 aliphatic rings. The number of hydrogen-bond acceptors (Lipinski definition) is 2. The Bertz CT molecular complexity index is 435. The van der Waals surface area contributed by atoms with E-state index in [1.807, 2.05) is 26.0 Å². The summed E-state index contributed by atoms with van der Waals surface area (Å²) in [5.41, 5.74) is 3.48. The first-order valence-corrected chi connectivity index (χ1v) is 5.46. The molecule has 3 nitrogen and oxygen atoms in total. The van der Waals surface area contributed by atoms with Gasteiger partial charge in [0.05, 0.1) is 0 Å². The molecule has 0 unspecified atom stereocenters. The number of carbonyl (C=O) groups excluding carboxylic acids is 2. The monoisotopic (exact) mass is 217 g/mol. The summed E-state index contributed by atoms with van der Waals surface area (Å²) in [4.78, 5) is 22.6. The van der Waals surface area contributed by atoms with Crippen LogP contribution in [0.25, 0.3) is 0 Å². The maximum atomic E-state index is 11.3. The summed E-state index contributed by atoms with van der Waals surface area (Å²) in [6.45, 7) is 4.06. The molecule has 3 heteroatoms. The summed E-state index contributed by atoms with van der Waals surface area (Å²) >= 11 is 0. The molecule has 1 heterocycles. The highest BCUT2D eigenvalue weighted by Crippen LogP contribution is 2.29. The zero-order valence-corrected chi connectivity index (χ0v) is 9.54. The number of hydrogen-bond donors (Lipinski definition) is 1. The predicted molar refractivity (Wildman–Crippen MR) is 61.0 cm³/mol. The first kappa shape index (κ1) is 10.9. The van der Waals surface area contributed by atoms with Crippen molar-refractivity contribution in [3.05, 3.63) is 34.9 Å². The molecule has 0 aliphatic carbocycles. The Morgan fingerprint density at radius 3 is 2.31 bits per heavy atom. The summed E-state index contributed by atoms with van der Waals surface area (Å²) in [5.74, 6) is -0.288. The second kappa shape index (κ2) is 4.08. The molecule has 0 bridgehead atoms. The number of nitrogens with one attached hydrogen (secondary N) is 1. The van der Waals surface area contributed by atoms with Gasteiger partial charge in [-0.3, -0.25) is 14.9 Å². The lowest BCUT2D eigenvalue weighted by atomic mass is 9.86. The third kappa shape index (κ3) is 2.13. The van der Waals surface area contributed by atoms with Crippen molar-refractivity contribution >= 4 is 11.8 Å². The third-order valence-electron chi connectivity index (χ3n) is 3.01. The van der Waals surface area contributed by atoms with Gasteiger partial charge in [0.15, 0.2) is 0 Å². The van der Waals surface area contributed by atoms with Gasteiger partial charge in [0, 0.05) is 18.8 Å². The lowest BCUT2D eigenvalue weighted by Gasteiger charge is -2.22. The van der Waals surface area contributed by atoms with Gasteiger partial charge in [-0.25, -0.2) is 0 Å². The van der Waals surface area contributed by atoms with E-state index in [2.05, 4.69) is 11.4 Å². The zero-order chi connectivity index (χ0) is 11.7. The number of carbonyl (C=O) groups is 2. The maximum Gasteiger partial charge on any atom is 0.227 e. The van der Waals surface area contributed by atoms with Crippen molar-refractivity contribution in [2.24, 2.45) is 0 Å². The smallest absolute Gasteiger partial charge is 0.227 e. The lowest BCUT2D eigenvalue weighted by Crippen LogP contribution is -2.37. The molecule has 1 aromatic carbocycles. The van der Waals surface area contributed by atoms with Crippen LogP contribution in [0.3, 0.4) is 0 Å². The lowest BCUT2D eigenvalue weighted by molar-refractivity contribution is -0.133. The van der Waals surface area contributed by atoms with E-state index in [4.69, 9.17) is 0 Å². The molecule has 1 aromatic rings. The van der Waals surface area contributed by atoms with E-state index < -0.39 is 0 Å². The van der Waals surface area contributed by atoms with Crippen LogP contribution in [-0.2, 0) is 9.59 Å². The van der Waals surface area contributed by atoms with Crippen LogP contribution in [0.2, 0.25) is 0 Å². The Balaban J connectivity index is 2.29. The van der Waals surface area contributed by atoms with Gasteiger partial charge in [0.1, 0.15) is 0 Å². The second-order valence-corrected chi connectivity index (χ2v) is 4.44. The number of benzene rings is 1. The molecule has 0 saturated carbocycles. The average molecular weight is 217 g/mol. The fourth-order valence-corrected chi connectivity index (χ4v) is 2.28. The van der Waals surface area contributed by atoms with Gasteiger partial charge in [0.2, 0.25) is 11.8 Å². The van der Waals surface area contributed by atoms with E-state index in [-0.39, 0.29) is 17.7 Å². The molecule has 0 aromatic heterocycles. The standard InChI is InChI=1S/C13H15NO2/c1-8-3-4-11(9(2)5-8)10-6-12(15)14-13(16)7-10/h3-5,10H,6-7H2,1-2H3,(H,14,15,16). The van der Waals surface area contributed by atoms with Gasteiger partial charge in [-0.1, -0.05) is 23.8 Å². The van der Waals surface area contributed by atoms with Crippen LogP contribution >= 0.6 is 0 Å². The maximum absolute atomic E-state index is 11.3. The number of imide groups is 1. The Hall–Kier alpha value is -1.64. The van der Waals surface area contributed by atoms with Crippen LogP contribution in [0.15, 0.2) is 18.2 Å². The van der Waals surface area contributed by atoms with Crippen molar-refractivity contribution < 1.29 is 9.59 Å².